The minimum absolute atomic E-state index is 0.257. The molecule has 0 bridgehead atoms. The zero-order valence-corrected chi connectivity index (χ0v) is 11.2. The van der Waals surface area contributed by atoms with Crippen LogP contribution in [0.1, 0.15) is 33.3 Å². The first-order chi connectivity index (χ1) is 8.33. The number of amides is 1. The molecule has 1 atom stereocenters. The number of carbonyl (C=O) groups excluding carboxylic acids is 1. The molecular formula is C14H18N2O2. The van der Waals surface area contributed by atoms with Crippen LogP contribution in [0, 0.1) is 11.3 Å². The first-order valence-electron chi connectivity index (χ1n) is 5.81. The Kier molecular flexibility index (Phi) is 4.46. The molecule has 0 aliphatic carbocycles. The summed E-state index contributed by atoms with van der Waals surface area (Å²) in [7, 11) is 0. The largest absolute Gasteiger partial charge is 0.363 e. The van der Waals surface area contributed by atoms with Crippen molar-refractivity contribution in [1.29, 1.82) is 5.26 Å². The van der Waals surface area contributed by atoms with Crippen LogP contribution in [-0.4, -0.2) is 17.6 Å². The molecule has 1 unspecified atom stereocenters. The van der Waals surface area contributed by atoms with Crippen LogP contribution in [0.5, 0.6) is 0 Å². The second kappa shape index (κ2) is 5.65. The summed E-state index contributed by atoms with van der Waals surface area (Å²) in [4.78, 5) is 11.9. The summed E-state index contributed by atoms with van der Waals surface area (Å²) < 4.78 is 5.55. The van der Waals surface area contributed by atoms with Gasteiger partial charge in [0.2, 0.25) is 0 Å². The quantitative estimate of drug-likeness (QED) is 0.891. The molecule has 1 N–H and O–H groups in total. The fourth-order valence-corrected chi connectivity index (χ4v) is 1.51. The van der Waals surface area contributed by atoms with E-state index in [4.69, 9.17) is 10.00 Å². The average Bonchev–Trinajstić information content (AvgIpc) is 2.27. The maximum absolute atomic E-state index is 11.9. The number of nitrogens with zero attached hydrogens (tertiary/aromatic N) is 1. The highest BCUT2D eigenvalue weighted by molar-refractivity contribution is 5.95. The van der Waals surface area contributed by atoms with Gasteiger partial charge in [-0.3, -0.25) is 4.79 Å². The number of anilines is 1. The van der Waals surface area contributed by atoms with Crippen molar-refractivity contribution in [2.75, 3.05) is 5.32 Å². The number of nitrogens with one attached hydrogen (secondary N) is 1. The van der Waals surface area contributed by atoms with Crippen molar-refractivity contribution in [3.05, 3.63) is 29.8 Å². The molecule has 0 spiro atoms. The number of para-hydroxylation sites is 1. The number of nitriles is 1. The van der Waals surface area contributed by atoms with E-state index in [1.807, 2.05) is 26.8 Å². The number of benzene rings is 1. The molecule has 1 aromatic carbocycles. The Balaban J connectivity index is 2.73. The molecule has 0 saturated heterocycles. The number of ether oxygens (including phenoxy) is 1. The normalized spacial score (nSPS) is 12.6. The highest BCUT2D eigenvalue weighted by atomic mass is 16.5. The van der Waals surface area contributed by atoms with Gasteiger partial charge in [0.15, 0.2) is 0 Å². The van der Waals surface area contributed by atoms with Crippen molar-refractivity contribution >= 4 is 11.6 Å². The second-order valence-corrected chi connectivity index (χ2v) is 5.02. The molecular weight excluding hydrogens is 228 g/mol. The van der Waals surface area contributed by atoms with Crippen molar-refractivity contribution < 1.29 is 9.53 Å². The molecule has 18 heavy (non-hydrogen) atoms. The van der Waals surface area contributed by atoms with Crippen LogP contribution in [0.2, 0.25) is 0 Å². The Hall–Kier alpha value is -1.86. The number of carbonyl (C=O) groups is 1. The smallest absolute Gasteiger partial charge is 0.253 e. The number of rotatable bonds is 3. The predicted molar refractivity (Wildman–Crippen MR) is 70.1 cm³/mol. The fraction of sp³-hybridized carbons (Fsp3) is 0.429. The van der Waals surface area contributed by atoms with Crippen LogP contribution >= 0.6 is 0 Å². The summed E-state index contributed by atoms with van der Waals surface area (Å²) in [5.74, 6) is -0.257. The van der Waals surface area contributed by atoms with Gasteiger partial charge in [0, 0.05) is 0 Å². The average molecular weight is 246 g/mol. The standard InChI is InChI=1S/C14H18N2O2/c1-10(18-14(2,3)4)13(17)16-12-8-6-5-7-11(12)9-15/h5-8,10H,1-4H3,(H,16,17). The Bertz CT molecular complexity index is 469. The van der Waals surface area contributed by atoms with E-state index >= 15 is 0 Å². The Morgan fingerprint density at radius 1 is 1.39 bits per heavy atom. The SMILES string of the molecule is CC(OC(C)(C)C)C(=O)Nc1ccccc1C#N. The maximum atomic E-state index is 11.9. The van der Waals surface area contributed by atoms with Crippen LogP contribution in [0.15, 0.2) is 24.3 Å². The van der Waals surface area contributed by atoms with Crippen LogP contribution in [0.4, 0.5) is 5.69 Å². The highest BCUT2D eigenvalue weighted by Gasteiger charge is 2.21. The van der Waals surface area contributed by atoms with E-state index in [-0.39, 0.29) is 11.5 Å². The molecule has 96 valence electrons. The minimum atomic E-state index is -0.572. The third-order valence-corrected chi connectivity index (χ3v) is 2.20. The molecule has 4 heteroatoms. The molecule has 0 aromatic heterocycles. The topological polar surface area (TPSA) is 62.1 Å². The molecule has 0 saturated carbocycles. The second-order valence-electron chi connectivity index (χ2n) is 5.02. The Morgan fingerprint density at radius 2 is 2.00 bits per heavy atom. The zero-order chi connectivity index (χ0) is 13.8. The molecule has 1 amide bonds. The van der Waals surface area contributed by atoms with Gasteiger partial charge in [-0.2, -0.15) is 5.26 Å². The Morgan fingerprint density at radius 3 is 2.56 bits per heavy atom. The van der Waals surface area contributed by atoms with Crippen molar-refractivity contribution in [3.8, 4) is 6.07 Å². The van der Waals surface area contributed by atoms with Gasteiger partial charge in [0.05, 0.1) is 16.9 Å². The van der Waals surface area contributed by atoms with Gasteiger partial charge in [-0.05, 0) is 39.8 Å². The molecule has 0 fully saturated rings. The summed E-state index contributed by atoms with van der Waals surface area (Å²) in [6, 6.07) is 8.91. The van der Waals surface area contributed by atoms with E-state index in [1.54, 1.807) is 31.2 Å². The lowest BCUT2D eigenvalue weighted by Crippen LogP contribution is -2.34. The van der Waals surface area contributed by atoms with Gasteiger partial charge in [0.1, 0.15) is 12.2 Å². The third-order valence-electron chi connectivity index (χ3n) is 2.20. The van der Waals surface area contributed by atoms with Gasteiger partial charge >= 0.3 is 0 Å². The molecule has 0 heterocycles. The summed E-state index contributed by atoms with van der Waals surface area (Å²) in [6.07, 6.45) is -0.572. The van der Waals surface area contributed by atoms with E-state index in [9.17, 15) is 4.79 Å². The lowest BCUT2D eigenvalue weighted by atomic mass is 10.1. The first-order valence-corrected chi connectivity index (χ1v) is 5.81. The third kappa shape index (κ3) is 4.19. The molecule has 0 aliphatic heterocycles. The minimum Gasteiger partial charge on any atom is -0.363 e. The van der Waals surface area contributed by atoms with Crippen LogP contribution in [0.25, 0.3) is 0 Å². The molecule has 4 nitrogen and oxygen atoms in total. The number of hydrogen-bond donors (Lipinski definition) is 1. The molecule has 1 aromatic rings. The van der Waals surface area contributed by atoms with Gasteiger partial charge in [-0.1, -0.05) is 12.1 Å². The fourth-order valence-electron chi connectivity index (χ4n) is 1.51. The van der Waals surface area contributed by atoms with Gasteiger partial charge in [-0.15, -0.1) is 0 Å². The summed E-state index contributed by atoms with van der Waals surface area (Å²) >= 11 is 0. The zero-order valence-electron chi connectivity index (χ0n) is 11.2. The van der Waals surface area contributed by atoms with Crippen LogP contribution < -0.4 is 5.32 Å². The van der Waals surface area contributed by atoms with Crippen molar-refractivity contribution in [2.45, 2.75) is 39.4 Å². The first kappa shape index (κ1) is 14.2. The summed E-state index contributed by atoms with van der Waals surface area (Å²) in [5, 5.41) is 11.6. The van der Waals surface area contributed by atoms with E-state index in [2.05, 4.69) is 5.32 Å². The van der Waals surface area contributed by atoms with Crippen LogP contribution in [0.3, 0.4) is 0 Å². The summed E-state index contributed by atoms with van der Waals surface area (Å²) in [6.45, 7) is 7.36. The van der Waals surface area contributed by atoms with Gasteiger partial charge in [0.25, 0.3) is 5.91 Å². The van der Waals surface area contributed by atoms with Crippen molar-refractivity contribution in [2.24, 2.45) is 0 Å². The van der Waals surface area contributed by atoms with E-state index in [0.717, 1.165) is 0 Å². The lowest BCUT2D eigenvalue weighted by Gasteiger charge is -2.24. The molecule has 0 radical (unpaired) electrons. The van der Waals surface area contributed by atoms with Gasteiger partial charge in [-0.25, -0.2) is 0 Å². The van der Waals surface area contributed by atoms with Crippen molar-refractivity contribution in [3.63, 3.8) is 0 Å². The molecule has 0 aliphatic rings. The van der Waals surface area contributed by atoms with E-state index in [1.165, 1.54) is 0 Å². The van der Waals surface area contributed by atoms with Gasteiger partial charge < -0.3 is 10.1 Å². The highest BCUT2D eigenvalue weighted by Crippen LogP contribution is 2.16. The summed E-state index contributed by atoms with van der Waals surface area (Å²) in [5.41, 5.74) is 0.564. The Labute approximate surface area is 108 Å². The number of hydrogen-bond acceptors (Lipinski definition) is 3. The predicted octanol–water partition coefficient (Wildman–Crippen LogP) is 2.70. The molecule has 1 rings (SSSR count). The van der Waals surface area contributed by atoms with Crippen LogP contribution in [-0.2, 0) is 9.53 Å². The van der Waals surface area contributed by atoms with Crippen molar-refractivity contribution in [1.82, 2.24) is 0 Å². The maximum Gasteiger partial charge on any atom is 0.253 e. The monoisotopic (exact) mass is 246 g/mol. The van der Waals surface area contributed by atoms with E-state index in [0.29, 0.717) is 11.3 Å². The van der Waals surface area contributed by atoms with E-state index < -0.39 is 6.10 Å². The lowest BCUT2D eigenvalue weighted by molar-refractivity contribution is -0.135.